The molecule has 1 aliphatic heterocycles. The summed E-state index contributed by atoms with van der Waals surface area (Å²) in [6, 6.07) is 10.9. The quantitative estimate of drug-likeness (QED) is 0.505. The van der Waals surface area contributed by atoms with Gasteiger partial charge in [0.25, 0.3) is 0 Å². The van der Waals surface area contributed by atoms with E-state index in [1.807, 2.05) is 31.2 Å². The maximum atomic E-state index is 14.3. The van der Waals surface area contributed by atoms with Crippen molar-refractivity contribution in [3.05, 3.63) is 54.0 Å². The van der Waals surface area contributed by atoms with E-state index in [2.05, 4.69) is 20.1 Å². The summed E-state index contributed by atoms with van der Waals surface area (Å²) < 4.78 is 19.6. The molecule has 8 heteroatoms. The number of nitrogens with one attached hydrogen (secondary N) is 1. The standard InChI is InChI=1S/C24H25FN6O/c1-14-9-15(11-16(25)10-14)19-13-27-30-22(23(19)31-7-5-17(26)6-8-31)24-28-20-4-3-18(32-2)12-21(20)29-24/h3-4,9-13,17H,5-8,26H2,1-2H3,(H,28,29). The average Bonchev–Trinajstić information content (AvgIpc) is 3.21. The minimum Gasteiger partial charge on any atom is -0.497 e. The number of anilines is 1. The maximum absolute atomic E-state index is 14.3. The molecule has 0 bridgehead atoms. The van der Waals surface area contributed by atoms with Crippen LogP contribution in [0.15, 0.2) is 42.6 Å². The average molecular weight is 433 g/mol. The Morgan fingerprint density at radius 2 is 1.97 bits per heavy atom. The van der Waals surface area contributed by atoms with E-state index in [9.17, 15) is 4.39 Å². The molecule has 1 fully saturated rings. The summed E-state index contributed by atoms with van der Waals surface area (Å²) in [6.07, 6.45) is 3.45. The highest BCUT2D eigenvalue weighted by molar-refractivity contribution is 5.89. The van der Waals surface area contributed by atoms with Gasteiger partial charge in [0.15, 0.2) is 11.5 Å². The minimum absolute atomic E-state index is 0.183. The third kappa shape index (κ3) is 3.78. The van der Waals surface area contributed by atoms with Gasteiger partial charge in [-0.1, -0.05) is 6.07 Å². The molecule has 0 radical (unpaired) electrons. The summed E-state index contributed by atoms with van der Waals surface area (Å²) >= 11 is 0. The predicted octanol–water partition coefficient (Wildman–Crippen LogP) is 4.07. The number of hydrogen-bond donors (Lipinski definition) is 2. The van der Waals surface area contributed by atoms with E-state index < -0.39 is 0 Å². The molecule has 164 valence electrons. The lowest BCUT2D eigenvalue weighted by atomic mass is 9.99. The first kappa shape index (κ1) is 20.4. The van der Waals surface area contributed by atoms with Crippen molar-refractivity contribution < 1.29 is 9.13 Å². The molecule has 4 aromatic rings. The first-order chi connectivity index (χ1) is 15.5. The number of H-pyrrole nitrogens is 1. The number of piperidine rings is 1. The summed E-state index contributed by atoms with van der Waals surface area (Å²) in [6.45, 7) is 3.46. The molecule has 0 atom stereocenters. The fraction of sp³-hybridized carbons (Fsp3) is 0.292. The highest BCUT2D eigenvalue weighted by atomic mass is 19.1. The molecular formula is C24H25FN6O. The van der Waals surface area contributed by atoms with Gasteiger partial charge in [-0.15, -0.1) is 5.10 Å². The number of aromatic amines is 1. The lowest BCUT2D eigenvalue weighted by Gasteiger charge is -2.34. The summed E-state index contributed by atoms with van der Waals surface area (Å²) in [5.41, 5.74) is 11.8. The van der Waals surface area contributed by atoms with Crippen LogP contribution in [0.2, 0.25) is 0 Å². The van der Waals surface area contributed by atoms with Crippen molar-refractivity contribution in [2.45, 2.75) is 25.8 Å². The lowest BCUT2D eigenvalue weighted by molar-refractivity contribution is 0.415. The van der Waals surface area contributed by atoms with E-state index in [-0.39, 0.29) is 11.9 Å². The van der Waals surface area contributed by atoms with E-state index in [0.717, 1.165) is 65.1 Å². The number of halogens is 1. The van der Waals surface area contributed by atoms with Crippen LogP contribution < -0.4 is 15.4 Å². The normalized spacial score (nSPS) is 14.8. The van der Waals surface area contributed by atoms with Gasteiger partial charge in [0.1, 0.15) is 11.6 Å². The van der Waals surface area contributed by atoms with Crippen molar-refractivity contribution in [3.63, 3.8) is 0 Å². The molecule has 0 saturated carbocycles. The van der Waals surface area contributed by atoms with Crippen molar-refractivity contribution in [1.29, 1.82) is 0 Å². The Hall–Kier alpha value is -3.52. The zero-order valence-corrected chi connectivity index (χ0v) is 18.1. The molecule has 0 aliphatic carbocycles. The zero-order valence-electron chi connectivity index (χ0n) is 18.1. The number of hydrogen-bond acceptors (Lipinski definition) is 6. The molecule has 3 N–H and O–H groups in total. The molecule has 2 aromatic carbocycles. The molecule has 7 nitrogen and oxygen atoms in total. The van der Waals surface area contributed by atoms with Gasteiger partial charge in [-0.2, -0.15) is 5.10 Å². The smallest absolute Gasteiger partial charge is 0.161 e. The van der Waals surface area contributed by atoms with Crippen LogP contribution in [0.5, 0.6) is 5.75 Å². The third-order valence-electron chi connectivity index (χ3n) is 5.95. The summed E-state index contributed by atoms with van der Waals surface area (Å²) in [4.78, 5) is 10.4. The highest BCUT2D eigenvalue weighted by Crippen LogP contribution is 2.39. The Labute approximate surface area is 185 Å². The molecular weight excluding hydrogens is 407 g/mol. The summed E-state index contributed by atoms with van der Waals surface area (Å²) in [7, 11) is 1.63. The monoisotopic (exact) mass is 432 g/mol. The molecule has 0 spiro atoms. The zero-order chi connectivity index (χ0) is 22.2. The van der Waals surface area contributed by atoms with Gasteiger partial charge in [-0.05, 0) is 55.2 Å². The number of benzene rings is 2. The molecule has 32 heavy (non-hydrogen) atoms. The van der Waals surface area contributed by atoms with E-state index in [1.54, 1.807) is 13.3 Å². The second-order valence-corrected chi connectivity index (χ2v) is 8.27. The Bertz CT molecular complexity index is 1260. The minimum atomic E-state index is -0.277. The number of nitrogens with zero attached hydrogens (tertiary/aromatic N) is 4. The SMILES string of the molecule is COc1ccc2[nH]c(-c3nncc(-c4cc(C)cc(F)c4)c3N3CCC(N)CC3)nc2c1. The molecule has 5 rings (SSSR count). The summed E-state index contributed by atoms with van der Waals surface area (Å²) in [5.74, 6) is 1.07. The van der Waals surface area contributed by atoms with E-state index in [4.69, 9.17) is 15.5 Å². The Morgan fingerprint density at radius 3 is 2.72 bits per heavy atom. The third-order valence-corrected chi connectivity index (χ3v) is 5.95. The number of fused-ring (bicyclic) bond motifs is 1. The number of aromatic nitrogens is 4. The largest absolute Gasteiger partial charge is 0.497 e. The van der Waals surface area contributed by atoms with Gasteiger partial charge in [-0.25, -0.2) is 9.37 Å². The highest BCUT2D eigenvalue weighted by Gasteiger charge is 2.25. The molecule has 0 unspecified atom stereocenters. The van der Waals surface area contributed by atoms with Gasteiger partial charge < -0.3 is 20.4 Å². The second-order valence-electron chi connectivity index (χ2n) is 8.27. The number of ether oxygens (including phenoxy) is 1. The lowest BCUT2D eigenvalue weighted by Crippen LogP contribution is -2.40. The van der Waals surface area contributed by atoms with Crippen molar-refractivity contribution in [1.82, 2.24) is 20.2 Å². The molecule has 1 aliphatic rings. The number of methoxy groups -OCH3 is 1. The van der Waals surface area contributed by atoms with Gasteiger partial charge in [0.2, 0.25) is 0 Å². The van der Waals surface area contributed by atoms with Crippen LogP contribution in [0.3, 0.4) is 0 Å². The topological polar surface area (TPSA) is 93.0 Å². The van der Waals surface area contributed by atoms with Gasteiger partial charge in [0, 0.05) is 30.8 Å². The molecule has 2 aromatic heterocycles. The number of rotatable bonds is 4. The fourth-order valence-electron chi connectivity index (χ4n) is 4.31. The van der Waals surface area contributed by atoms with Gasteiger partial charge >= 0.3 is 0 Å². The van der Waals surface area contributed by atoms with Crippen molar-refractivity contribution in [2.24, 2.45) is 5.73 Å². The number of nitrogens with two attached hydrogens (primary N) is 1. The Kier molecular flexibility index (Phi) is 5.22. The maximum Gasteiger partial charge on any atom is 0.161 e. The van der Waals surface area contributed by atoms with Crippen LogP contribution in [0.1, 0.15) is 18.4 Å². The number of aryl methyl sites for hydroxylation is 1. The second kappa shape index (κ2) is 8.20. The van der Waals surface area contributed by atoms with Gasteiger partial charge in [0.05, 0.1) is 30.0 Å². The summed E-state index contributed by atoms with van der Waals surface area (Å²) in [5, 5.41) is 8.73. The van der Waals surface area contributed by atoms with Crippen LogP contribution in [-0.4, -0.2) is 46.4 Å². The molecule has 3 heterocycles. The Balaban J connectivity index is 1.70. The number of imidazole rings is 1. The van der Waals surface area contributed by atoms with E-state index in [1.165, 1.54) is 12.1 Å². The van der Waals surface area contributed by atoms with Crippen LogP contribution >= 0.6 is 0 Å². The van der Waals surface area contributed by atoms with Crippen LogP contribution in [-0.2, 0) is 0 Å². The first-order valence-corrected chi connectivity index (χ1v) is 10.7. The van der Waals surface area contributed by atoms with Crippen LogP contribution in [0.25, 0.3) is 33.7 Å². The van der Waals surface area contributed by atoms with Crippen LogP contribution in [0.4, 0.5) is 10.1 Å². The Morgan fingerprint density at radius 1 is 1.16 bits per heavy atom. The van der Waals surface area contributed by atoms with Crippen LogP contribution in [0, 0.1) is 12.7 Å². The first-order valence-electron chi connectivity index (χ1n) is 10.7. The molecule has 0 amide bonds. The van der Waals surface area contributed by atoms with E-state index >= 15 is 0 Å². The molecule has 1 saturated heterocycles. The van der Waals surface area contributed by atoms with Crippen molar-refractivity contribution in [3.8, 4) is 28.4 Å². The predicted molar refractivity (Wildman–Crippen MR) is 123 cm³/mol. The van der Waals surface area contributed by atoms with E-state index in [0.29, 0.717) is 11.5 Å². The van der Waals surface area contributed by atoms with Crippen molar-refractivity contribution in [2.75, 3.05) is 25.1 Å². The van der Waals surface area contributed by atoms with Gasteiger partial charge in [-0.3, -0.25) is 0 Å². The fourth-order valence-corrected chi connectivity index (χ4v) is 4.31. The van der Waals surface area contributed by atoms with Crippen molar-refractivity contribution >= 4 is 16.7 Å².